The van der Waals surface area contributed by atoms with Gasteiger partial charge < -0.3 is 15.4 Å². The van der Waals surface area contributed by atoms with Crippen LogP contribution in [0.4, 0.5) is 0 Å². The van der Waals surface area contributed by atoms with Crippen molar-refractivity contribution in [2.75, 3.05) is 26.8 Å². The van der Waals surface area contributed by atoms with Crippen molar-refractivity contribution < 1.29 is 14.3 Å². The van der Waals surface area contributed by atoms with E-state index in [0.717, 1.165) is 12.1 Å². The predicted octanol–water partition coefficient (Wildman–Crippen LogP) is -0.0245. The summed E-state index contributed by atoms with van der Waals surface area (Å²) in [5.41, 5.74) is 0.940. The van der Waals surface area contributed by atoms with Crippen molar-refractivity contribution >= 4 is 11.7 Å². The number of ketones is 1. The molecule has 0 aromatic rings. The molecule has 0 bridgehead atoms. The van der Waals surface area contributed by atoms with Crippen molar-refractivity contribution in [3.8, 4) is 0 Å². The second-order valence-corrected chi connectivity index (χ2v) is 3.66. The van der Waals surface area contributed by atoms with Gasteiger partial charge in [0, 0.05) is 44.8 Å². The van der Waals surface area contributed by atoms with E-state index in [0.29, 0.717) is 32.5 Å². The number of allylic oxidation sites excluding steroid dienone is 2. The summed E-state index contributed by atoms with van der Waals surface area (Å²) in [6.45, 7) is 1.63. The Kier molecular flexibility index (Phi) is 5.56. The van der Waals surface area contributed by atoms with Gasteiger partial charge in [-0.2, -0.15) is 0 Å². The zero-order valence-electron chi connectivity index (χ0n) is 9.54. The lowest BCUT2D eigenvalue weighted by atomic mass is 10.3. The first-order chi connectivity index (χ1) is 7.72. The minimum Gasteiger partial charge on any atom is -0.388 e. The van der Waals surface area contributed by atoms with E-state index in [4.69, 9.17) is 4.74 Å². The van der Waals surface area contributed by atoms with Gasteiger partial charge in [-0.05, 0) is 6.42 Å². The van der Waals surface area contributed by atoms with E-state index in [-0.39, 0.29) is 11.7 Å². The van der Waals surface area contributed by atoms with Crippen molar-refractivity contribution in [3.63, 3.8) is 0 Å². The maximum Gasteiger partial charge on any atom is 0.221 e. The van der Waals surface area contributed by atoms with Crippen LogP contribution >= 0.6 is 0 Å². The van der Waals surface area contributed by atoms with Crippen LogP contribution in [-0.4, -0.2) is 38.5 Å². The lowest BCUT2D eigenvalue weighted by molar-refractivity contribution is -0.121. The van der Waals surface area contributed by atoms with Gasteiger partial charge >= 0.3 is 0 Å². The molecule has 0 saturated heterocycles. The molecule has 0 radical (unpaired) electrons. The average Bonchev–Trinajstić information content (AvgIpc) is 2.65. The number of carbonyl (C=O) groups excluding carboxylic acids is 2. The van der Waals surface area contributed by atoms with Gasteiger partial charge in [0.1, 0.15) is 0 Å². The number of hydrogen-bond acceptors (Lipinski definition) is 4. The van der Waals surface area contributed by atoms with Gasteiger partial charge in [-0.25, -0.2) is 0 Å². The first-order valence-electron chi connectivity index (χ1n) is 5.45. The van der Waals surface area contributed by atoms with E-state index < -0.39 is 0 Å². The molecule has 5 nitrogen and oxygen atoms in total. The topological polar surface area (TPSA) is 67.4 Å². The van der Waals surface area contributed by atoms with Gasteiger partial charge in [0.2, 0.25) is 5.91 Å². The van der Waals surface area contributed by atoms with Gasteiger partial charge in [0.15, 0.2) is 5.78 Å². The molecule has 0 aromatic carbocycles. The third-order valence-corrected chi connectivity index (χ3v) is 2.31. The molecule has 0 atom stereocenters. The SMILES string of the molecule is COCCNC(=O)CCNC1=CC(=O)CC1. The number of ether oxygens (including phenoxy) is 1. The van der Waals surface area contributed by atoms with Gasteiger partial charge in [-0.15, -0.1) is 0 Å². The number of hydrogen-bond donors (Lipinski definition) is 2. The number of nitrogens with one attached hydrogen (secondary N) is 2. The van der Waals surface area contributed by atoms with E-state index in [9.17, 15) is 9.59 Å². The summed E-state index contributed by atoms with van der Waals surface area (Å²) in [5, 5.41) is 5.81. The van der Waals surface area contributed by atoms with Crippen molar-refractivity contribution in [1.29, 1.82) is 0 Å². The molecular formula is C11H18N2O3. The number of rotatable bonds is 7. The highest BCUT2D eigenvalue weighted by Gasteiger charge is 2.11. The third kappa shape index (κ3) is 4.93. The van der Waals surface area contributed by atoms with E-state index in [2.05, 4.69) is 10.6 Å². The summed E-state index contributed by atoms with van der Waals surface area (Å²) in [4.78, 5) is 22.2. The summed E-state index contributed by atoms with van der Waals surface area (Å²) in [5.74, 6) is 0.154. The lowest BCUT2D eigenvalue weighted by Gasteiger charge is -2.07. The van der Waals surface area contributed by atoms with Crippen LogP contribution < -0.4 is 10.6 Å². The number of methoxy groups -OCH3 is 1. The maximum atomic E-state index is 11.3. The highest BCUT2D eigenvalue weighted by atomic mass is 16.5. The molecule has 16 heavy (non-hydrogen) atoms. The molecule has 1 aliphatic rings. The van der Waals surface area contributed by atoms with Gasteiger partial charge in [0.25, 0.3) is 0 Å². The normalized spacial score (nSPS) is 14.8. The molecule has 0 aliphatic heterocycles. The zero-order valence-corrected chi connectivity index (χ0v) is 9.54. The van der Waals surface area contributed by atoms with Crippen LogP contribution in [0.5, 0.6) is 0 Å². The summed E-state index contributed by atoms with van der Waals surface area (Å²) in [6, 6.07) is 0. The molecule has 0 aromatic heterocycles. The van der Waals surface area contributed by atoms with Gasteiger partial charge in [-0.3, -0.25) is 9.59 Å². The molecule has 0 unspecified atom stereocenters. The third-order valence-electron chi connectivity index (χ3n) is 2.31. The molecule has 0 spiro atoms. The van der Waals surface area contributed by atoms with Crippen LogP contribution in [0.3, 0.4) is 0 Å². The molecule has 0 saturated carbocycles. The molecule has 1 aliphatic carbocycles. The first-order valence-corrected chi connectivity index (χ1v) is 5.45. The Morgan fingerprint density at radius 1 is 1.44 bits per heavy atom. The van der Waals surface area contributed by atoms with E-state index >= 15 is 0 Å². The van der Waals surface area contributed by atoms with Crippen molar-refractivity contribution in [2.45, 2.75) is 19.3 Å². The fourth-order valence-corrected chi connectivity index (χ4v) is 1.45. The van der Waals surface area contributed by atoms with Crippen molar-refractivity contribution in [3.05, 3.63) is 11.8 Å². The van der Waals surface area contributed by atoms with Crippen LogP contribution in [0.2, 0.25) is 0 Å². The first kappa shape index (κ1) is 12.7. The number of carbonyl (C=O) groups is 2. The summed E-state index contributed by atoms with van der Waals surface area (Å²) < 4.78 is 4.81. The number of amides is 1. The molecule has 0 fully saturated rings. The highest BCUT2D eigenvalue weighted by Crippen LogP contribution is 2.11. The van der Waals surface area contributed by atoms with E-state index in [1.54, 1.807) is 13.2 Å². The largest absolute Gasteiger partial charge is 0.388 e. The maximum absolute atomic E-state index is 11.3. The molecule has 1 amide bonds. The Morgan fingerprint density at radius 2 is 2.25 bits per heavy atom. The summed E-state index contributed by atoms with van der Waals surface area (Å²) in [7, 11) is 1.59. The van der Waals surface area contributed by atoms with Crippen LogP contribution in [-0.2, 0) is 14.3 Å². The Balaban J connectivity index is 2.04. The fraction of sp³-hybridized carbons (Fsp3) is 0.636. The monoisotopic (exact) mass is 226 g/mol. The Morgan fingerprint density at radius 3 is 2.88 bits per heavy atom. The van der Waals surface area contributed by atoms with Crippen LogP contribution in [0, 0.1) is 0 Å². The minimum absolute atomic E-state index is 0.00512. The second kappa shape index (κ2) is 7.00. The lowest BCUT2D eigenvalue weighted by Crippen LogP contribution is -2.29. The van der Waals surface area contributed by atoms with Gasteiger partial charge in [0.05, 0.1) is 6.61 Å². The Bertz CT molecular complexity index is 287. The molecular weight excluding hydrogens is 208 g/mol. The second-order valence-electron chi connectivity index (χ2n) is 3.66. The fourth-order valence-electron chi connectivity index (χ4n) is 1.45. The smallest absolute Gasteiger partial charge is 0.221 e. The van der Waals surface area contributed by atoms with Crippen molar-refractivity contribution in [2.24, 2.45) is 0 Å². The van der Waals surface area contributed by atoms with Crippen LogP contribution in [0.15, 0.2) is 11.8 Å². The summed E-state index contributed by atoms with van der Waals surface area (Å²) >= 11 is 0. The molecule has 1 rings (SSSR count). The summed E-state index contributed by atoms with van der Waals surface area (Å²) in [6.07, 6.45) is 3.38. The molecule has 5 heteroatoms. The predicted molar refractivity (Wildman–Crippen MR) is 59.8 cm³/mol. The quantitative estimate of drug-likeness (QED) is 0.598. The molecule has 0 heterocycles. The highest BCUT2D eigenvalue weighted by molar-refractivity contribution is 5.92. The minimum atomic E-state index is -0.00512. The van der Waals surface area contributed by atoms with Crippen molar-refractivity contribution in [1.82, 2.24) is 10.6 Å². The Labute approximate surface area is 95.2 Å². The van der Waals surface area contributed by atoms with E-state index in [1.165, 1.54) is 0 Å². The molecule has 2 N–H and O–H groups in total. The molecule has 90 valence electrons. The van der Waals surface area contributed by atoms with Gasteiger partial charge in [-0.1, -0.05) is 0 Å². The van der Waals surface area contributed by atoms with Crippen LogP contribution in [0.25, 0.3) is 0 Å². The Hall–Kier alpha value is -1.36. The van der Waals surface area contributed by atoms with Crippen LogP contribution in [0.1, 0.15) is 19.3 Å². The zero-order chi connectivity index (χ0) is 11.8. The average molecular weight is 226 g/mol. The standard InChI is InChI=1S/C11H18N2O3/c1-16-7-6-13-11(15)4-5-12-9-2-3-10(14)8-9/h8,12H,2-7H2,1H3,(H,13,15). The van der Waals surface area contributed by atoms with E-state index in [1.807, 2.05) is 0 Å².